The van der Waals surface area contributed by atoms with Gasteiger partial charge < -0.3 is 15.8 Å². The molecule has 0 bridgehead atoms. The van der Waals surface area contributed by atoms with Crippen LogP contribution in [0.4, 0.5) is 21.5 Å². The molecule has 0 atom stereocenters. The normalized spacial score (nSPS) is 10.3. The molecule has 0 fully saturated rings. The lowest BCUT2D eigenvalue weighted by molar-refractivity contribution is 0.412. The van der Waals surface area contributed by atoms with Gasteiger partial charge >= 0.3 is 0 Å². The number of ether oxygens (including phenoxy) is 1. The lowest BCUT2D eigenvalue weighted by Gasteiger charge is -2.12. The predicted octanol–water partition coefficient (Wildman–Crippen LogP) is 4.23. The molecular formula is C14H14BrFN2O. The fraction of sp³-hybridized carbons (Fsp3) is 0.143. The molecule has 0 amide bonds. The third-order valence-corrected chi connectivity index (χ3v) is 3.37. The van der Waals surface area contributed by atoms with E-state index in [2.05, 4.69) is 21.2 Å². The van der Waals surface area contributed by atoms with E-state index in [1.807, 2.05) is 25.1 Å². The van der Waals surface area contributed by atoms with Crippen molar-refractivity contribution in [3.8, 4) is 5.75 Å². The van der Waals surface area contributed by atoms with Crippen molar-refractivity contribution in [3.05, 3.63) is 46.2 Å². The van der Waals surface area contributed by atoms with Crippen LogP contribution in [0.1, 0.15) is 5.56 Å². The molecule has 19 heavy (non-hydrogen) atoms. The molecule has 0 aliphatic carbocycles. The number of nitrogens with one attached hydrogen (secondary N) is 1. The van der Waals surface area contributed by atoms with Crippen LogP contribution in [-0.2, 0) is 0 Å². The minimum Gasteiger partial charge on any atom is -0.496 e. The summed E-state index contributed by atoms with van der Waals surface area (Å²) in [5, 5.41) is 3.09. The number of nitrogen functional groups attached to an aromatic ring is 1. The average molecular weight is 325 g/mol. The molecule has 0 spiro atoms. The van der Waals surface area contributed by atoms with Gasteiger partial charge in [-0.3, -0.25) is 0 Å². The van der Waals surface area contributed by atoms with Gasteiger partial charge in [0.2, 0.25) is 0 Å². The maximum absolute atomic E-state index is 13.5. The number of anilines is 3. The smallest absolute Gasteiger partial charge is 0.139 e. The van der Waals surface area contributed by atoms with Crippen molar-refractivity contribution in [1.82, 2.24) is 0 Å². The first kappa shape index (κ1) is 13.7. The fourth-order valence-electron chi connectivity index (χ4n) is 1.78. The van der Waals surface area contributed by atoms with E-state index >= 15 is 0 Å². The zero-order valence-corrected chi connectivity index (χ0v) is 12.2. The topological polar surface area (TPSA) is 47.3 Å². The molecule has 0 unspecified atom stereocenters. The van der Waals surface area contributed by atoms with Gasteiger partial charge in [0.05, 0.1) is 23.0 Å². The Balaban J connectivity index is 2.31. The lowest BCUT2D eigenvalue weighted by Crippen LogP contribution is -1.98. The van der Waals surface area contributed by atoms with E-state index in [0.717, 1.165) is 17.0 Å². The second kappa shape index (κ2) is 5.48. The van der Waals surface area contributed by atoms with Gasteiger partial charge in [0.25, 0.3) is 0 Å². The van der Waals surface area contributed by atoms with Crippen LogP contribution >= 0.6 is 15.9 Å². The van der Waals surface area contributed by atoms with E-state index in [4.69, 9.17) is 10.5 Å². The average Bonchev–Trinajstić information content (AvgIpc) is 2.36. The number of halogens is 2. The minimum atomic E-state index is -0.359. The number of aryl methyl sites for hydroxylation is 1. The second-order valence-electron chi connectivity index (χ2n) is 4.16. The molecule has 2 aromatic rings. The number of benzene rings is 2. The number of hydrogen-bond acceptors (Lipinski definition) is 3. The quantitative estimate of drug-likeness (QED) is 0.830. The Morgan fingerprint density at radius 1 is 1.26 bits per heavy atom. The van der Waals surface area contributed by atoms with Crippen LogP contribution in [0.3, 0.4) is 0 Å². The summed E-state index contributed by atoms with van der Waals surface area (Å²) in [5.41, 5.74) is 8.67. The maximum atomic E-state index is 13.5. The van der Waals surface area contributed by atoms with E-state index in [-0.39, 0.29) is 5.82 Å². The van der Waals surface area contributed by atoms with Gasteiger partial charge in [-0.25, -0.2) is 4.39 Å². The molecule has 5 heteroatoms. The molecule has 0 heterocycles. The number of nitrogens with two attached hydrogens (primary N) is 1. The van der Waals surface area contributed by atoms with Gasteiger partial charge in [0.1, 0.15) is 11.6 Å². The molecule has 3 nitrogen and oxygen atoms in total. The minimum absolute atomic E-state index is 0.349. The number of hydrogen-bond donors (Lipinski definition) is 2. The Hall–Kier alpha value is -1.75. The molecule has 0 saturated heterocycles. The van der Waals surface area contributed by atoms with E-state index in [9.17, 15) is 4.39 Å². The highest BCUT2D eigenvalue weighted by Crippen LogP contribution is 2.30. The van der Waals surface area contributed by atoms with Crippen LogP contribution in [0.2, 0.25) is 0 Å². The summed E-state index contributed by atoms with van der Waals surface area (Å²) in [6.45, 7) is 1.94. The summed E-state index contributed by atoms with van der Waals surface area (Å²) in [6, 6.07) is 8.51. The van der Waals surface area contributed by atoms with Crippen molar-refractivity contribution in [1.29, 1.82) is 0 Å². The molecule has 0 aromatic heterocycles. The zero-order valence-electron chi connectivity index (χ0n) is 10.6. The first-order chi connectivity index (χ1) is 9.01. The highest BCUT2D eigenvalue weighted by molar-refractivity contribution is 9.10. The van der Waals surface area contributed by atoms with Crippen molar-refractivity contribution < 1.29 is 9.13 Å². The van der Waals surface area contributed by atoms with Gasteiger partial charge in [0, 0.05) is 11.8 Å². The highest BCUT2D eigenvalue weighted by atomic mass is 79.9. The molecule has 2 rings (SSSR count). The van der Waals surface area contributed by atoms with Gasteiger partial charge in [-0.2, -0.15) is 0 Å². The molecule has 3 N–H and O–H groups in total. The lowest BCUT2D eigenvalue weighted by atomic mass is 10.2. The van der Waals surface area contributed by atoms with Crippen LogP contribution in [0.5, 0.6) is 5.75 Å². The van der Waals surface area contributed by atoms with E-state index in [0.29, 0.717) is 15.8 Å². The highest BCUT2D eigenvalue weighted by Gasteiger charge is 2.07. The summed E-state index contributed by atoms with van der Waals surface area (Å²) in [4.78, 5) is 0. The summed E-state index contributed by atoms with van der Waals surface area (Å²) in [7, 11) is 1.62. The van der Waals surface area contributed by atoms with E-state index in [1.54, 1.807) is 7.11 Å². The predicted molar refractivity (Wildman–Crippen MR) is 79.5 cm³/mol. The third kappa shape index (κ3) is 2.98. The fourth-order valence-corrected chi connectivity index (χ4v) is 2.14. The van der Waals surface area contributed by atoms with Crippen LogP contribution in [-0.4, -0.2) is 7.11 Å². The van der Waals surface area contributed by atoms with Crippen LogP contribution < -0.4 is 15.8 Å². The van der Waals surface area contributed by atoms with Crippen LogP contribution in [0.25, 0.3) is 0 Å². The van der Waals surface area contributed by atoms with Gasteiger partial charge in [0.15, 0.2) is 0 Å². The summed E-state index contributed by atoms with van der Waals surface area (Å²) in [6.07, 6.45) is 0. The summed E-state index contributed by atoms with van der Waals surface area (Å²) < 4.78 is 19.0. The zero-order chi connectivity index (χ0) is 14.0. The van der Waals surface area contributed by atoms with Crippen LogP contribution in [0, 0.1) is 12.7 Å². The molecular weight excluding hydrogens is 311 g/mol. The van der Waals surface area contributed by atoms with Crippen molar-refractivity contribution in [2.24, 2.45) is 0 Å². The first-order valence-electron chi connectivity index (χ1n) is 5.67. The third-order valence-electron chi connectivity index (χ3n) is 2.77. The molecule has 0 aliphatic rings. The van der Waals surface area contributed by atoms with Crippen molar-refractivity contribution >= 4 is 33.0 Å². The Kier molecular flexibility index (Phi) is 3.95. The molecule has 0 aliphatic heterocycles. The van der Waals surface area contributed by atoms with Gasteiger partial charge in [-0.1, -0.05) is 0 Å². The molecule has 0 saturated carbocycles. The Morgan fingerprint density at radius 2 is 2.00 bits per heavy atom. The second-order valence-corrected chi connectivity index (χ2v) is 5.02. The summed E-state index contributed by atoms with van der Waals surface area (Å²) >= 11 is 3.10. The van der Waals surface area contributed by atoms with Crippen molar-refractivity contribution in [2.75, 3.05) is 18.2 Å². The largest absolute Gasteiger partial charge is 0.496 e. The Labute approximate surface area is 119 Å². The molecule has 0 radical (unpaired) electrons. The van der Waals surface area contributed by atoms with Crippen molar-refractivity contribution in [2.45, 2.75) is 6.92 Å². The Bertz CT molecular complexity index is 617. The first-order valence-corrected chi connectivity index (χ1v) is 6.46. The number of rotatable bonds is 3. The SMILES string of the molecule is COc1ccc(Nc2cc(F)c(Br)cc2N)cc1C. The maximum Gasteiger partial charge on any atom is 0.139 e. The molecule has 2 aromatic carbocycles. The summed E-state index contributed by atoms with van der Waals surface area (Å²) in [5.74, 6) is 0.447. The van der Waals surface area contributed by atoms with Gasteiger partial charge in [-0.15, -0.1) is 0 Å². The Morgan fingerprint density at radius 3 is 2.63 bits per heavy atom. The standard InChI is InChI=1S/C14H14BrFN2O/c1-8-5-9(3-4-14(8)19-2)18-13-7-11(16)10(15)6-12(13)17/h3-7,18H,17H2,1-2H3. The monoisotopic (exact) mass is 324 g/mol. The van der Waals surface area contributed by atoms with E-state index < -0.39 is 0 Å². The number of methoxy groups -OCH3 is 1. The van der Waals surface area contributed by atoms with Crippen molar-refractivity contribution in [3.63, 3.8) is 0 Å². The molecule has 100 valence electrons. The van der Waals surface area contributed by atoms with Gasteiger partial charge in [-0.05, 0) is 52.7 Å². The van der Waals surface area contributed by atoms with E-state index in [1.165, 1.54) is 12.1 Å². The van der Waals surface area contributed by atoms with Crippen LogP contribution in [0.15, 0.2) is 34.8 Å².